The molecule has 1 saturated heterocycles. The maximum Gasteiger partial charge on any atom is 0.314 e. The van der Waals surface area contributed by atoms with E-state index in [1.807, 2.05) is 42.5 Å². The van der Waals surface area contributed by atoms with Crippen LogP contribution in [0, 0.1) is 5.41 Å². The number of likely N-dealkylation sites (tertiary alicyclic amines) is 1. The van der Waals surface area contributed by atoms with Crippen molar-refractivity contribution >= 4 is 11.9 Å². The van der Waals surface area contributed by atoms with Crippen LogP contribution in [-0.4, -0.2) is 51.2 Å². The smallest absolute Gasteiger partial charge is 0.314 e. The zero-order valence-corrected chi connectivity index (χ0v) is 15.1. The molecule has 0 saturated carbocycles. The molecule has 27 heavy (non-hydrogen) atoms. The Kier molecular flexibility index (Phi) is 5.86. The lowest BCUT2D eigenvalue weighted by Gasteiger charge is -2.43. The summed E-state index contributed by atoms with van der Waals surface area (Å²) in [6, 6.07) is 13.0. The van der Waals surface area contributed by atoms with Gasteiger partial charge >= 0.3 is 5.97 Å². The number of hydrogen-bond acceptors (Lipinski definition) is 4. The Morgan fingerprint density at radius 2 is 1.81 bits per heavy atom. The SMILES string of the molecule is O=C(CCc1ccncc1)N1CCC(O)[C@@](Cc2ccccc2)(C(=O)O)C1. The van der Waals surface area contributed by atoms with Gasteiger partial charge in [0.1, 0.15) is 5.41 Å². The predicted octanol–water partition coefficient (Wildman–Crippen LogP) is 1.92. The summed E-state index contributed by atoms with van der Waals surface area (Å²) < 4.78 is 0. The van der Waals surface area contributed by atoms with E-state index in [1.54, 1.807) is 17.3 Å². The van der Waals surface area contributed by atoms with E-state index in [9.17, 15) is 19.8 Å². The molecule has 0 spiro atoms. The first-order chi connectivity index (χ1) is 13.0. The first kappa shape index (κ1) is 19.0. The van der Waals surface area contributed by atoms with Gasteiger partial charge in [0.05, 0.1) is 6.10 Å². The Bertz CT molecular complexity index is 781. The Morgan fingerprint density at radius 1 is 1.11 bits per heavy atom. The molecule has 2 atom stereocenters. The molecular formula is C21H24N2O4. The first-order valence-electron chi connectivity index (χ1n) is 9.13. The first-order valence-corrected chi connectivity index (χ1v) is 9.13. The third-order valence-corrected chi connectivity index (χ3v) is 5.30. The fourth-order valence-electron chi connectivity index (χ4n) is 3.67. The van der Waals surface area contributed by atoms with Gasteiger partial charge in [-0.05, 0) is 42.5 Å². The van der Waals surface area contributed by atoms with E-state index in [0.29, 0.717) is 19.4 Å². The number of rotatable bonds is 6. The zero-order chi connectivity index (χ0) is 19.3. The molecule has 3 rings (SSSR count). The molecule has 6 heteroatoms. The van der Waals surface area contributed by atoms with Crippen molar-refractivity contribution in [3.63, 3.8) is 0 Å². The molecule has 0 aliphatic carbocycles. The van der Waals surface area contributed by atoms with Crippen molar-refractivity contribution in [2.75, 3.05) is 13.1 Å². The third kappa shape index (κ3) is 4.34. The van der Waals surface area contributed by atoms with Crippen LogP contribution in [0.4, 0.5) is 0 Å². The van der Waals surface area contributed by atoms with Gasteiger partial charge in [0.25, 0.3) is 0 Å². The van der Waals surface area contributed by atoms with Crippen LogP contribution in [0.5, 0.6) is 0 Å². The molecule has 1 aromatic carbocycles. The number of piperidine rings is 1. The monoisotopic (exact) mass is 368 g/mol. The van der Waals surface area contributed by atoms with Gasteiger partial charge in [-0.25, -0.2) is 0 Å². The quantitative estimate of drug-likeness (QED) is 0.813. The van der Waals surface area contributed by atoms with Crippen LogP contribution in [0.3, 0.4) is 0 Å². The Balaban J connectivity index is 1.72. The summed E-state index contributed by atoms with van der Waals surface area (Å²) in [5.41, 5.74) is 0.473. The fourth-order valence-corrected chi connectivity index (χ4v) is 3.67. The van der Waals surface area contributed by atoms with Crippen LogP contribution in [0.1, 0.15) is 24.0 Å². The van der Waals surface area contributed by atoms with Gasteiger partial charge in [-0.1, -0.05) is 30.3 Å². The standard InChI is InChI=1S/C21H24N2O4/c24-18-10-13-23(19(25)7-6-16-8-11-22-12-9-16)15-21(18,20(26)27)14-17-4-2-1-3-5-17/h1-5,8-9,11-12,18,24H,6-7,10,13-15H2,(H,26,27)/t18?,21-/m0/s1. The van der Waals surface area contributed by atoms with Gasteiger partial charge in [-0.15, -0.1) is 0 Å². The van der Waals surface area contributed by atoms with Crippen LogP contribution >= 0.6 is 0 Å². The minimum atomic E-state index is -1.38. The minimum absolute atomic E-state index is 0.0214. The lowest BCUT2D eigenvalue weighted by Crippen LogP contribution is -2.58. The lowest BCUT2D eigenvalue weighted by atomic mass is 9.72. The molecule has 2 aromatic rings. The zero-order valence-electron chi connectivity index (χ0n) is 15.1. The minimum Gasteiger partial charge on any atom is -0.481 e. The second kappa shape index (κ2) is 8.31. The van der Waals surface area contributed by atoms with E-state index in [4.69, 9.17) is 0 Å². The molecule has 6 nitrogen and oxygen atoms in total. The maximum absolute atomic E-state index is 12.7. The number of benzene rings is 1. The van der Waals surface area contributed by atoms with Crippen LogP contribution in [0.2, 0.25) is 0 Å². The summed E-state index contributed by atoms with van der Waals surface area (Å²) in [5, 5.41) is 20.5. The van der Waals surface area contributed by atoms with Crippen molar-refractivity contribution in [2.45, 2.75) is 31.8 Å². The highest BCUT2D eigenvalue weighted by atomic mass is 16.4. The largest absolute Gasteiger partial charge is 0.481 e. The normalized spacial score (nSPS) is 22.4. The number of aliphatic carboxylic acids is 1. The van der Waals surface area contributed by atoms with Crippen LogP contribution < -0.4 is 0 Å². The summed E-state index contributed by atoms with van der Waals surface area (Å²) in [7, 11) is 0. The molecule has 142 valence electrons. The number of carbonyl (C=O) groups is 2. The van der Waals surface area contributed by atoms with Gasteiger partial charge in [0.2, 0.25) is 5.91 Å². The highest BCUT2D eigenvalue weighted by Gasteiger charge is 2.50. The van der Waals surface area contributed by atoms with Crippen molar-refractivity contribution in [1.82, 2.24) is 9.88 Å². The van der Waals surface area contributed by atoms with Gasteiger partial charge in [-0.2, -0.15) is 0 Å². The van der Waals surface area contributed by atoms with E-state index in [-0.39, 0.29) is 25.3 Å². The van der Waals surface area contributed by atoms with Crippen LogP contribution in [0.15, 0.2) is 54.9 Å². The van der Waals surface area contributed by atoms with Crippen LogP contribution in [-0.2, 0) is 22.4 Å². The van der Waals surface area contributed by atoms with Crippen molar-refractivity contribution in [3.8, 4) is 0 Å². The van der Waals surface area contributed by atoms with E-state index in [1.165, 1.54) is 0 Å². The van der Waals surface area contributed by atoms with Gasteiger partial charge in [-0.3, -0.25) is 14.6 Å². The number of pyridine rings is 1. The Morgan fingerprint density at radius 3 is 2.48 bits per heavy atom. The maximum atomic E-state index is 12.7. The molecule has 2 N–H and O–H groups in total. The molecule has 1 aliphatic heterocycles. The average Bonchev–Trinajstić information content (AvgIpc) is 2.69. The summed E-state index contributed by atoms with van der Waals surface area (Å²) in [6.45, 7) is 0.397. The van der Waals surface area contributed by atoms with E-state index < -0.39 is 17.5 Å². The number of carboxylic acid groups (broad SMARTS) is 1. The molecule has 1 unspecified atom stereocenters. The number of aryl methyl sites for hydroxylation is 1. The predicted molar refractivity (Wildman–Crippen MR) is 100.0 cm³/mol. The lowest BCUT2D eigenvalue weighted by molar-refractivity contribution is -0.165. The Labute approximate surface area is 158 Å². The topological polar surface area (TPSA) is 90.7 Å². The fraction of sp³-hybridized carbons (Fsp3) is 0.381. The van der Waals surface area contributed by atoms with Crippen molar-refractivity contribution in [1.29, 1.82) is 0 Å². The van der Waals surface area contributed by atoms with E-state index in [0.717, 1.165) is 11.1 Å². The average molecular weight is 368 g/mol. The molecule has 1 fully saturated rings. The van der Waals surface area contributed by atoms with E-state index >= 15 is 0 Å². The second-order valence-corrected chi connectivity index (χ2v) is 7.10. The number of aliphatic hydroxyl groups is 1. The highest BCUT2D eigenvalue weighted by molar-refractivity contribution is 5.80. The number of aromatic nitrogens is 1. The number of aliphatic hydroxyl groups excluding tert-OH is 1. The molecule has 0 radical (unpaired) electrons. The van der Waals surface area contributed by atoms with Crippen molar-refractivity contribution in [3.05, 3.63) is 66.0 Å². The van der Waals surface area contributed by atoms with Gasteiger partial charge < -0.3 is 15.1 Å². The second-order valence-electron chi connectivity index (χ2n) is 7.10. The van der Waals surface area contributed by atoms with Gasteiger partial charge in [0, 0.05) is 31.9 Å². The molecule has 0 bridgehead atoms. The molecule has 1 amide bonds. The molecular weight excluding hydrogens is 344 g/mol. The third-order valence-electron chi connectivity index (χ3n) is 5.30. The highest BCUT2D eigenvalue weighted by Crippen LogP contribution is 2.35. The summed E-state index contributed by atoms with van der Waals surface area (Å²) in [5.74, 6) is -1.15. The Hall–Kier alpha value is -2.73. The molecule has 1 aliphatic rings. The molecule has 2 heterocycles. The van der Waals surface area contributed by atoms with Crippen molar-refractivity contribution < 1.29 is 19.8 Å². The summed E-state index contributed by atoms with van der Waals surface area (Å²) in [4.78, 5) is 30.4. The van der Waals surface area contributed by atoms with Crippen LogP contribution in [0.25, 0.3) is 0 Å². The number of carboxylic acids is 1. The number of amides is 1. The number of carbonyl (C=O) groups excluding carboxylic acids is 1. The number of nitrogens with zero attached hydrogens (tertiary/aromatic N) is 2. The number of hydrogen-bond donors (Lipinski definition) is 2. The van der Waals surface area contributed by atoms with E-state index in [2.05, 4.69) is 4.98 Å². The van der Waals surface area contributed by atoms with Gasteiger partial charge in [0.15, 0.2) is 0 Å². The summed E-state index contributed by atoms with van der Waals surface area (Å²) in [6.07, 6.45) is 3.73. The summed E-state index contributed by atoms with van der Waals surface area (Å²) >= 11 is 0. The molecule has 1 aromatic heterocycles. The van der Waals surface area contributed by atoms with Crippen molar-refractivity contribution in [2.24, 2.45) is 5.41 Å².